The number of rotatable bonds is 6. The molecule has 6 heteroatoms. The number of benzene rings is 2. The summed E-state index contributed by atoms with van der Waals surface area (Å²) < 4.78 is 11.3. The van der Waals surface area contributed by atoms with Gasteiger partial charge < -0.3 is 9.47 Å². The van der Waals surface area contributed by atoms with Gasteiger partial charge in [0, 0.05) is 0 Å². The monoisotopic (exact) mass is 361 g/mol. The molecule has 0 radical (unpaired) electrons. The maximum Gasteiger partial charge on any atom is 0.309 e. The number of nitrogens with zero attached hydrogens (tertiary/aromatic N) is 1. The van der Waals surface area contributed by atoms with Crippen LogP contribution >= 0.6 is 11.8 Å². The molecule has 1 N–H and O–H groups in total. The summed E-state index contributed by atoms with van der Waals surface area (Å²) in [6.07, 6.45) is 2.58. The third kappa shape index (κ3) is 4.46. The molecule has 2 aromatic rings. The molecule has 0 unspecified atom stereocenters. The standard InChI is InChI=1S/C19H23NO4S/c1-5-14-9-10-17(13(2)11-14)24-12-15-16(20(22)19(21)25-4)7-6-8-18(15)23-3/h6-11,22H,5,12H2,1-4H3. The maximum atomic E-state index is 11.8. The highest BCUT2D eigenvalue weighted by Crippen LogP contribution is 2.32. The molecule has 0 saturated carbocycles. The first-order chi connectivity index (χ1) is 12.0. The van der Waals surface area contributed by atoms with Crippen LogP contribution in [0.2, 0.25) is 0 Å². The third-order valence-electron chi connectivity index (χ3n) is 3.92. The van der Waals surface area contributed by atoms with Crippen molar-refractivity contribution in [1.29, 1.82) is 0 Å². The highest BCUT2D eigenvalue weighted by Gasteiger charge is 2.19. The van der Waals surface area contributed by atoms with Crippen LogP contribution in [-0.2, 0) is 13.0 Å². The predicted octanol–water partition coefficient (Wildman–Crippen LogP) is 4.82. The molecule has 1 amide bonds. The van der Waals surface area contributed by atoms with Crippen molar-refractivity contribution in [2.45, 2.75) is 26.9 Å². The smallest absolute Gasteiger partial charge is 0.309 e. The van der Waals surface area contributed by atoms with E-state index in [1.165, 1.54) is 5.56 Å². The maximum absolute atomic E-state index is 11.8. The van der Waals surface area contributed by atoms with Gasteiger partial charge in [-0.15, -0.1) is 0 Å². The number of hydrogen-bond acceptors (Lipinski definition) is 5. The molecular weight excluding hydrogens is 338 g/mol. The first-order valence-electron chi connectivity index (χ1n) is 7.97. The summed E-state index contributed by atoms with van der Waals surface area (Å²) in [5.74, 6) is 1.31. The zero-order valence-corrected chi connectivity index (χ0v) is 15.7. The minimum absolute atomic E-state index is 0.171. The van der Waals surface area contributed by atoms with Crippen LogP contribution in [0.15, 0.2) is 36.4 Å². The Morgan fingerprint density at radius 3 is 2.60 bits per heavy atom. The number of aryl methyl sites for hydroxylation is 2. The summed E-state index contributed by atoms with van der Waals surface area (Å²) in [6, 6.07) is 11.2. The van der Waals surface area contributed by atoms with E-state index in [2.05, 4.69) is 13.0 Å². The number of hydrogen-bond donors (Lipinski definition) is 1. The van der Waals surface area contributed by atoms with Gasteiger partial charge in [-0.05, 0) is 48.9 Å². The number of carbonyl (C=O) groups excluding carboxylic acids is 1. The Morgan fingerprint density at radius 2 is 2.00 bits per heavy atom. The van der Waals surface area contributed by atoms with E-state index in [1.54, 1.807) is 31.6 Å². The third-order valence-corrected chi connectivity index (χ3v) is 4.45. The van der Waals surface area contributed by atoms with Crippen molar-refractivity contribution >= 4 is 22.7 Å². The van der Waals surface area contributed by atoms with Crippen molar-refractivity contribution in [2.24, 2.45) is 0 Å². The van der Waals surface area contributed by atoms with Crippen LogP contribution in [0.25, 0.3) is 0 Å². The van der Waals surface area contributed by atoms with E-state index < -0.39 is 5.24 Å². The average molecular weight is 361 g/mol. The van der Waals surface area contributed by atoms with Gasteiger partial charge in [0.05, 0.1) is 18.4 Å². The van der Waals surface area contributed by atoms with Crippen LogP contribution in [0.1, 0.15) is 23.6 Å². The van der Waals surface area contributed by atoms with Crippen molar-refractivity contribution in [1.82, 2.24) is 0 Å². The largest absolute Gasteiger partial charge is 0.496 e. The van der Waals surface area contributed by atoms with E-state index in [0.717, 1.165) is 29.5 Å². The molecule has 25 heavy (non-hydrogen) atoms. The zero-order valence-electron chi connectivity index (χ0n) is 14.9. The number of thioether (sulfide) groups is 1. The highest BCUT2D eigenvalue weighted by atomic mass is 32.2. The molecule has 0 saturated heterocycles. The van der Waals surface area contributed by atoms with Crippen LogP contribution in [0.4, 0.5) is 10.5 Å². The Morgan fingerprint density at radius 1 is 1.24 bits per heavy atom. The van der Waals surface area contributed by atoms with E-state index >= 15 is 0 Å². The van der Waals surface area contributed by atoms with Crippen LogP contribution in [0.5, 0.6) is 11.5 Å². The van der Waals surface area contributed by atoms with E-state index in [4.69, 9.17) is 9.47 Å². The van der Waals surface area contributed by atoms with Gasteiger partial charge in [-0.2, -0.15) is 5.06 Å². The summed E-state index contributed by atoms with van der Waals surface area (Å²) in [7, 11) is 1.54. The normalized spacial score (nSPS) is 10.4. The summed E-state index contributed by atoms with van der Waals surface area (Å²) in [6.45, 7) is 4.27. The molecular formula is C19H23NO4S. The van der Waals surface area contributed by atoms with Gasteiger partial charge in [-0.3, -0.25) is 10.0 Å². The van der Waals surface area contributed by atoms with Crippen LogP contribution in [0.3, 0.4) is 0 Å². The van der Waals surface area contributed by atoms with E-state index in [1.807, 2.05) is 19.1 Å². The van der Waals surface area contributed by atoms with Gasteiger partial charge in [0.1, 0.15) is 18.1 Å². The first-order valence-corrected chi connectivity index (χ1v) is 9.19. The second kappa shape index (κ2) is 8.78. The topological polar surface area (TPSA) is 59.0 Å². The second-order valence-corrected chi connectivity index (χ2v) is 6.24. The molecule has 2 rings (SSSR count). The summed E-state index contributed by atoms with van der Waals surface area (Å²) in [5, 5.41) is 10.3. The molecule has 2 aromatic carbocycles. The second-order valence-electron chi connectivity index (χ2n) is 5.48. The van der Waals surface area contributed by atoms with Crippen LogP contribution < -0.4 is 14.5 Å². The summed E-state index contributed by atoms with van der Waals surface area (Å²) >= 11 is 0.926. The molecule has 134 valence electrons. The lowest BCUT2D eigenvalue weighted by Crippen LogP contribution is -2.24. The van der Waals surface area contributed by atoms with Crippen molar-refractivity contribution in [3.63, 3.8) is 0 Å². The molecule has 0 spiro atoms. The lowest BCUT2D eigenvalue weighted by molar-refractivity contribution is 0.223. The molecule has 0 aliphatic rings. The van der Waals surface area contributed by atoms with Gasteiger partial charge in [-0.25, -0.2) is 0 Å². The molecule has 0 aliphatic heterocycles. The lowest BCUT2D eigenvalue weighted by Gasteiger charge is -2.20. The summed E-state index contributed by atoms with van der Waals surface area (Å²) in [5.41, 5.74) is 3.24. The van der Waals surface area contributed by atoms with Gasteiger partial charge in [0.2, 0.25) is 0 Å². The minimum atomic E-state index is -0.474. The van der Waals surface area contributed by atoms with Crippen molar-refractivity contribution in [2.75, 3.05) is 18.4 Å². The Kier molecular flexibility index (Phi) is 6.73. The number of amides is 1. The quantitative estimate of drug-likeness (QED) is 0.590. The first kappa shape index (κ1) is 19.1. The molecule has 5 nitrogen and oxygen atoms in total. The number of ether oxygens (including phenoxy) is 2. The van der Waals surface area contributed by atoms with E-state index in [-0.39, 0.29) is 6.61 Å². The Balaban J connectivity index is 2.30. The van der Waals surface area contributed by atoms with Gasteiger partial charge in [0.25, 0.3) is 0 Å². The van der Waals surface area contributed by atoms with Gasteiger partial charge in [0.15, 0.2) is 0 Å². The van der Waals surface area contributed by atoms with Crippen molar-refractivity contribution < 1.29 is 19.5 Å². The molecule has 0 aromatic heterocycles. The minimum Gasteiger partial charge on any atom is -0.496 e. The summed E-state index contributed by atoms with van der Waals surface area (Å²) in [4.78, 5) is 11.8. The number of hydroxylamine groups is 1. The fraction of sp³-hybridized carbons (Fsp3) is 0.316. The SMILES string of the molecule is CCc1ccc(OCc2c(OC)cccc2N(O)C(=O)SC)c(C)c1. The fourth-order valence-corrected chi connectivity index (χ4v) is 2.79. The van der Waals surface area contributed by atoms with Gasteiger partial charge in [-0.1, -0.05) is 36.9 Å². The number of anilines is 1. The molecule has 0 atom stereocenters. The molecule has 0 bridgehead atoms. The van der Waals surface area contributed by atoms with E-state index in [9.17, 15) is 10.0 Å². The van der Waals surface area contributed by atoms with E-state index in [0.29, 0.717) is 22.1 Å². The lowest BCUT2D eigenvalue weighted by atomic mass is 10.1. The number of carbonyl (C=O) groups is 1. The molecule has 0 heterocycles. The zero-order chi connectivity index (χ0) is 18.4. The highest BCUT2D eigenvalue weighted by molar-refractivity contribution is 8.13. The molecule has 0 fully saturated rings. The van der Waals surface area contributed by atoms with Crippen LogP contribution in [0, 0.1) is 6.92 Å². The predicted molar refractivity (Wildman–Crippen MR) is 101 cm³/mol. The Labute approximate surface area is 152 Å². The van der Waals surface area contributed by atoms with Crippen molar-refractivity contribution in [3.05, 3.63) is 53.1 Å². The van der Waals surface area contributed by atoms with Gasteiger partial charge >= 0.3 is 5.24 Å². The fourth-order valence-electron chi connectivity index (χ4n) is 2.52. The Bertz CT molecular complexity index is 748. The number of methoxy groups -OCH3 is 1. The van der Waals surface area contributed by atoms with Crippen LogP contribution in [-0.4, -0.2) is 23.8 Å². The molecule has 0 aliphatic carbocycles. The average Bonchev–Trinajstić information content (AvgIpc) is 2.65. The Hall–Kier alpha value is -2.18. The van der Waals surface area contributed by atoms with Crippen molar-refractivity contribution in [3.8, 4) is 11.5 Å².